The highest BCUT2D eigenvalue weighted by Crippen LogP contribution is 2.35. The molecule has 1 saturated heterocycles. The highest BCUT2D eigenvalue weighted by molar-refractivity contribution is 8.18. The van der Waals surface area contributed by atoms with Gasteiger partial charge in [0.05, 0.1) is 10.6 Å². The molecule has 2 aromatic rings. The van der Waals surface area contributed by atoms with Gasteiger partial charge in [-0.15, -0.1) is 0 Å². The van der Waals surface area contributed by atoms with Gasteiger partial charge in [0.15, 0.2) is 5.17 Å². The predicted octanol–water partition coefficient (Wildman–Crippen LogP) is 5.67. The summed E-state index contributed by atoms with van der Waals surface area (Å²) in [6.07, 6.45) is 1.93. The van der Waals surface area contributed by atoms with Crippen molar-refractivity contribution in [1.29, 1.82) is 0 Å². The van der Waals surface area contributed by atoms with Crippen molar-refractivity contribution in [3.8, 4) is 0 Å². The zero-order valence-corrected chi connectivity index (χ0v) is 18.1. The molecule has 2 aromatic carbocycles. The number of carbonyl (C=O) groups excluding carboxylic acids is 1. The molecule has 0 spiro atoms. The van der Waals surface area contributed by atoms with Gasteiger partial charge in [0.25, 0.3) is 5.91 Å². The lowest BCUT2D eigenvalue weighted by atomic mass is 10.1. The maximum Gasteiger partial charge on any atom is 0.266 e. The summed E-state index contributed by atoms with van der Waals surface area (Å²) in [5.41, 5.74) is 2.86. The fourth-order valence-corrected chi connectivity index (χ4v) is 3.99. The lowest BCUT2D eigenvalue weighted by molar-refractivity contribution is -0.122. The van der Waals surface area contributed by atoms with Crippen molar-refractivity contribution in [2.75, 3.05) is 25.5 Å². The van der Waals surface area contributed by atoms with Crippen LogP contribution in [0.1, 0.15) is 19.4 Å². The van der Waals surface area contributed by atoms with E-state index in [1.54, 1.807) is 11.0 Å². The third-order valence-corrected chi connectivity index (χ3v) is 5.42. The summed E-state index contributed by atoms with van der Waals surface area (Å²) in [6.45, 7) is 4.81. The number of aliphatic imine (C=N–C) groups is 1. The van der Waals surface area contributed by atoms with Crippen LogP contribution in [0.5, 0.6) is 0 Å². The quantitative estimate of drug-likeness (QED) is 0.593. The van der Waals surface area contributed by atoms with Gasteiger partial charge >= 0.3 is 0 Å². The van der Waals surface area contributed by atoms with Crippen molar-refractivity contribution in [3.05, 3.63) is 64.0 Å². The van der Waals surface area contributed by atoms with Crippen molar-refractivity contribution < 1.29 is 4.79 Å². The molecule has 0 N–H and O–H groups in total. The van der Waals surface area contributed by atoms with E-state index in [0.29, 0.717) is 27.6 Å². The Kier molecular flexibility index (Phi) is 6.47. The first-order valence-corrected chi connectivity index (χ1v) is 10.4. The van der Waals surface area contributed by atoms with Gasteiger partial charge in [0.2, 0.25) is 0 Å². The number of hydrogen-bond acceptors (Lipinski definition) is 4. The van der Waals surface area contributed by atoms with Crippen LogP contribution in [0.15, 0.2) is 58.4 Å². The molecule has 6 heteroatoms. The van der Waals surface area contributed by atoms with Gasteiger partial charge < -0.3 is 4.90 Å². The van der Waals surface area contributed by atoms with Crippen LogP contribution in [0.2, 0.25) is 5.02 Å². The van der Waals surface area contributed by atoms with E-state index in [1.165, 1.54) is 11.8 Å². The zero-order valence-electron chi connectivity index (χ0n) is 16.5. The second-order valence-corrected chi connectivity index (χ2v) is 8.73. The molecule has 1 amide bonds. The highest BCUT2D eigenvalue weighted by atomic mass is 35.5. The summed E-state index contributed by atoms with van der Waals surface area (Å²) in [7, 11) is 4.01. The van der Waals surface area contributed by atoms with Gasteiger partial charge in [-0.1, -0.05) is 43.6 Å². The van der Waals surface area contributed by atoms with Crippen LogP contribution >= 0.6 is 23.4 Å². The lowest BCUT2D eigenvalue weighted by Gasteiger charge is -2.17. The molecule has 0 radical (unpaired) electrons. The van der Waals surface area contributed by atoms with Gasteiger partial charge in [-0.3, -0.25) is 9.69 Å². The number of rotatable bonds is 5. The normalized spacial score (nSPS) is 17.2. The molecular formula is C22H24ClN3OS. The Hall–Kier alpha value is -2.24. The molecule has 4 nitrogen and oxygen atoms in total. The molecule has 0 unspecified atom stereocenters. The molecular weight excluding hydrogens is 390 g/mol. The SMILES string of the molecule is CC(C)CN1C(=O)/C(=C\c2ccc(N(C)C)cc2)SC1=Nc1cccc(Cl)c1. The summed E-state index contributed by atoms with van der Waals surface area (Å²) in [5.74, 6) is 0.337. The standard InChI is InChI=1S/C22H24ClN3OS/c1-15(2)14-26-21(27)20(12-16-8-10-19(11-9-16)25(3)4)28-22(26)24-18-7-5-6-17(23)13-18/h5-13,15H,14H2,1-4H3/b20-12+,24-22?. The topological polar surface area (TPSA) is 35.9 Å². The number of anilines is 1. The number of thioether (sulfide) groups is 1. The smallest absolute Gasteiger partial charge is 0.266 e. The number of amidine groups is 1. The average Bonchev–Trinajstić information content (AvgIpc) is 2.90. The van der Waals surface area contributed by atoms with Crippen molar-refractivity contribution in [1.82, 2.24) is 4.90 Å². The first kappa shape index (κ1) is 20.5. The van der Waals surface area contributed by atoms with E-state index in [0.717, 1.165) is 16.9 Å². The molecule has 3 rings (SSSR count). The molecule has 0 atom stereocenters. The predicted molar refractivity (Wildman–Crippen MR) is 121 cm³/mol. The second kappa shape index (κ2) is 8.84. The van der Waals surface area contributed by atoms with Crippen LogP contribution in [-0.4, -0.2) is 36.6 Å². The van der Waals surface area contributed by atoms with Gasteiger partial charge in [0.1, 0.15) is 0 Å². The Bertz CT molecular complexity index is 920. The summed E-state index contributed by atoms with van der Waals surface area (Å²) < 4.78 is 0. The number of halogens is 1. The van der Waals surface area contributed by atoms with Crippen molar-refractivity contribution in [2.45, 2.75) is 13.8 Å². The van der Waals surface area contributed by atoms with E-state index in [4.69, 9.17) is 11.6 Å². The Balaban J connectivity index is 1.92. The van der Waals surface area contributed by atoms with Gasteiger partial charge in [-0.25, -0.2) is 4.99 Å². The summed E-state index contributed by atoms with van der Waals surface area (Å²) in [6, 6.07) is 15.5. The van der Waals surface area contributed by atoms with E-state index in [1.807, 2.05) is 67.5 Å². The minimum Gasteiger partial charge on any atom is -0.378 e. The van der Waals surface area contributed by atoms with Crippen molar-refractivity contribution >= 4 is 51.9 Å². The van der Waals surface area contributed by atoms with Crippen LogP contribution in [-0.2, 0) is 4.79 Å². The third kappa shape index (κ3) is 4.97. The lowest BCUT2D eigenvalue weighted by Crippen LogP contribution is -2.32. The first-order chi connectivity index (χ1) is 13.3. The maximum absolute atomic E-state index is 13.0. The number of hydrogen-bond donors (Lipinski definition) is 0. The molecule has 0 aromatic heterocycles. The summed E-state index contributed by atoms with van der Waals surface area (Å²) >= 11 is 7.49. The molecule has 1 aliphatic heterocycles. The van der Waals surface area contributed by atoms with E-state index < -0.39 is 0 Å². The fourth-order valence-electron chi connectivity index (χ4n) is 2.79. The molecule has 1 heterocycles. The van der Waals surface area contributed by atoms with Gasteiger partial charge in [0, 0.05) is 31.4 Å². The maximum atomic E-state index is 13.0. The van der Waals surface area contributed by atoms with Crippen LogP contribution in [0, 0.1) is 5.92 Å². The monoisotopic (exact) mass is 413 g/mol. The van der Waals surface area contributed by atoms with Crippen LogP contribution in [0.4, 0.5) is 11.4 Å². The molecule has 146 valence electrons. The summed E-state index contributed by atoms with van der Waals surface area (Å²) in [4.78, 5) is 22.2. The van der Waals surface area contributed by atoms with E-state index in [2.05, 4.69) is 18.8 Å². The van der Waals surface area contributed by atoms with Crippen LogP contribution in [0.25, 0.3) is 6.08 Å². The second-order valence-electron chi connectivity index (χ2n) is 7.28. The molecule has 0 aliphatic carbocycles. The summed E-state index contributed by atoms with van der Waals surface area (Å²) in [5, 5.41) is 1.32. The van der Waals surface area contributed by atoms with Gasteiger partial charge in [-0.2, -0.15) is 0 Å². The minimum atomic E-state index is -0.00355. The largest absolute Gasteiger partial charge is 0.378 e. The molecule has 0 saturated carbocycles. The Labute approximate surface area is 175 Å². The minimum absolute atomic E-state index is 0.00355. The van der Waals surface area contributed by atoms with Crippen molar-refractivity contribution in [3.63, 3.8) is 0 Å². The Morgan fingerprint density at radius 2 is 1.89 bits per heavy atom. The fraction of sp³-hybridized carbons (Fsp3) is 0.273. The zero-order chi connectivity index (χ0) is 20.3. The average molecular weight is 414 g/mol. The van der Waals surface area contributed by atoms with E-state index >= 15 is 0 Å². The van der Waals surface area contributed by atoms with E-state index in [-0.39, 0.29) is 5.91 Å². The molecule has 1 fully saturated rings. The molecule has 0 bridgehead atoms. The molecule has 28 heavy (non-hydrogen) atoms. The Morgan fingerprint density at radius 1 is 1.18 bits per heavy atom. The van der Waals surface area contributed by atoms with Crippen LogP contribution < -0.4 is 4.90 Å². The van der Waals surface area contributed by atoms with E-state index in [9.17, 15) is 4.79 Å². The first-order valence-electron chi connectivity index (χ1n) is 9.16. The van der Waals surface area contributed by atoms with Crippen molar-refractivity contribution in [2.24, 2.45) is 10.9 Å². The van der Waals surface area contributed by atoms with Gasteiger partial charge in [-0.05, 0) is 59.7 Å². The number of carbonyl (C=O) groups is 1. The Morgan fingerprint density at radius 3 is 2.50 bits per heavy atom. The third-order valence-electron chi connectivity index (χ3n) is 4.18. The highest BCUT2D eigenvalue weighted by Gasteiger charge is 2.33. The number of benzene rings is 2. The molecule has 1 aliphatic rings. The van der Waals surface area contributed by atoms with Crippen LogP contribution in [0.3, 0.4) is 0 Å². The number of amides is 1. The number of nitrogens with zero attached hydrogens (tertiary/aromatic N) is 3.